The van der Waals surface area contributed by atoms with Crippen molar-refractivity contribution in [1.29, 1.82) is 0 Å². The highest BCUT2D eigenvalue weighted by molar-refractivity contribution is 5.87. The largest absolute Gasteiger partial charge is 0.349 e. The summed E-state index contributed by atoms with van der Waals surface area (Å²) in [7, 11) is 1.87. The summed E-state index contributed by atoms with van der Waals surface area (Å²) in [6, 6.07) is -0.319. The van der Waals surface area contributed by atoms with E-state index in [1.54, 1.807) is 0 Å². The first kappa shape index (κ1) is 13.1. The maximum Gasteiger partial charge on any atom is 0.207 e. The van der Waals surface area contributed by atoms with Crippen LogP contribution < -0.4 is 10.6 Å². The van der Waals surface area contributed by atoms with Crippen molar-refractivity contribution in [2.75, 3.05) is 13.6 Å². The van der Waals surface area contributed by atoms with E-state index in [9.17, 15) is 9.59 Å². The van der Waals surface area contributed by atoms with Crippen LogP contribution in [0.15, 0.2) is 0 Å². The van der Waals surface area contributed by atoms with Gasteiger partial charge in [-0.05, 0) is 26.4 Å². The molecule has 0 rings (SSSR count). The average Bonchev–Trinajstić information content (AvgIpc) is 2.15. The van der Waals surface area contributed by atoms with Crippen LogP contribution in [0.5, 0.6) is 0 Å². The number of amides is 1. The highest BCUT2D eigenvalue weighted by Gasteiger charge is 2.19. The second-order valence-corrected chi connectivity index (χ2v) is 3.64. The van der Waals surface area contributed by atoms with Crippen LogP contribution in [0.4, 0.5) is 0 Å². The maximum atomic E-state index is 11.6. The number of rotatable bonds is 8. The van der Waals surface area contributed by atoms with Crippen LogP contribution in [-0.4, -0.2) is 31.8 Å². The van der Waals surface area contributed by atoms with Gasteiger partial charge in [0, 0.05) is 5.92 Å². The van der Waals surface area contributed by atoms with Gasteiger partial charge in [0.05, 0.1) is 6.04 Å². The van der Waals surface area contributed by atoms with E-state index >= 15 is 0 Å². The lowest BCUT2D eigenvalue weighted by Crippen LogP contribution is -2.38. The topological polar surface area (TPSA) is 58.2 Å². The molecular weight excluding hydrogens is 180 g/mol. The molecule has 2 N–H and O–H groups in total. The Kier molecular flexibility index (Phi) is 7.02. The van der Waals surface area contributed by atoms with E-state index in [-0.39, 0.29) is 17.7 Å². The molecule has 1 unspecified atom stereocenters. The van der Waals surface area contributed by atoms with Gasteiger partial charge in [-0.15, -0.1) is 0 Å². The zero-order valence-corrected chi connectivity index (χ0v) is 9.17. The van der Waals surface area contributed by atoms with Crippen molar-refractivity contribution < 1.29 is 9.59 Å². The Hall–Kier alpha value is -0.900. The van der Waals surface area contributed by atoms with Crippen LogP contribution in [-0.2, 0) is 9.59 Å². The highest BCUT2D eigenvalue weighted by atomic mass is 16.1. The summed E-state index contributed by atoms with van der Waals surface area (Å²) in [6.07, 6.45) is 2.20. The predicted molar refractivity (Wildman–Crippen MR) is 56.0 cm³/mol. The Bertz CT molecular complexity index is 181. The van der Waals surface area contributed by atoms with Crippen molar-refractivity contribution in [1.82, 2.24) is 10.6 Å². The molecule has 0 saturated carbocycles. The molecule has 0 heterocycles. The number of carbonyl (C=O) groups is 2. The van der Waals surface area contributed by atoms with Crippen molar-refractivity contribution in [3.8, 4) is 0 Å². The molecule has 0 aliphatic carbocycles. The number of Topliss-reactive ketones (excluding diaryl/α,β-unsaturated/α-hetero) is 1. The lowest BCUT2D eigenvalue weighted by Gasteiger charge is -2.16. The molecular formula is C10H20N2O2. The molecule has 0 fully saturated rings. The smallest absolute Gasteiger partial charge is 0.207 e. The van der Waals surface area contributed by atoms with Crippen molar-refractivity contribution in [3.05, 3.63) is 0 Å². The third-order valence-electron chi connectivity index (χ3n) is 2.10. The number of carbonyl (C=O) groups excluding carboxylic acids is 2. The van der Waals surface area contributed by atoms with E-state index in [2.05, 4.69) is 10.6 Å². The molecule has 0 saturated heterocycles. The Morgan fingerprint density at radius 2 is 2.07 bits per heavy atom. The van der Waals surface area contributed by atoms with E-state index < -0.39 is 0 Å². The summed E-state index contributed by atoms with van der Waals surface area (Å²) in [5.41, 5.74) is 0. The third-order valence-corrected chi connectivity index (χ3v) is 2.10. The lowest BCUT2D eigenvalue weighted by molar-refractivity contribution is -0.126. The Labute approximate surface area is 85.4 Å². The van der Waals surface area contributed by atoms with E-state index in [1.165, 1.54) is 0 Å². The van der Waals surface area contributed by atoms with E-state index in [4.69, 9.17) is 0 Å². The van der Waals surface area contributed by atoms with Gasteiger partial charge in [-0.3, -0.25) is 9.59 Å². The molecule has 4 nitrogen and oxygen atoms in total. The molecule has 0 aromatic carbocycles. The predicted octanol–water partition coefficient (Wildman–Crippen LogP) is 0.326. The van der Waals surface area contributed by atoms with Crippen LogP contribution in [0.2, 0.25) is 0 Å². The van der Waals surface area contributed by atoms with E-state index in [0.29, 0.717) is 12.8 Å². The molecule has 0 aliphatic heterocycles. The first-order valence-corrected chi connectivity index (χ1v) is 5.01. The van der Waals surface area contributed by atoms with E-state index in [1.807, 2.05) is 20.9 Å². The van der Waals surface area contributed by atoms with Crippen LogP contribution in [0.3, 0.4) is 0 Å². The second-order valence-electron chi connectivity index (χ2n) is 3.64. The molecule has 1 amide bonds. The van der Waals surface area contributed by atoms with E-state index in [0.717, 1.165) is 13.0 Å². The Morgan fingerprint density at radius 1 is 1.43 bits per heavy atom. The Balaban J connectivity index is 4.00. The summed E-state index contributed by atoms with van der Waals surface area (Å²) in [4.78, 5) is 21.9. The zero-order chi connectivity index (χ0) is 11.0. The highest BCUT2D eigenvalue weighted by Crippen LogP contribution is 2.05. The average molecular weight is 200 g/mol. The van der Waals surface area contributed by atoms with Crippen molar-refractivity contribution >= 4 is 12.2 Å². The van der Waals surface area contributed by atoms with Gasteiger partial charge in [-0.1, -0.05) is 13.8 Å². The minimum absolute atomic E-state index is 0.0259. The fourth-order valence-electron chi connectivity index (χ4n) is 1.28. The summed E-state index contributed by atoms with van der Waals surface area (Å²) in [5.74, 6) is 0.0789. The summed E-state index contributed by atoms with van der Waals surface area (Å²) < 4.78 is 0. The quantitative estimate of drug-likeness (QED) is 0.438. The molecule has 0 radical (unpaired) electrons. The second kappa shape index (κ2) is 7.50. The lowest BCUT2D eigenvalue weighted by atomic mass is 9.98. The summed E-state index contributed by atoms with van der Waals surface area (Å²) >= 11 is 0. The number of hydrogen-bond donors (Lipinski definition) is 2. The molecule has 0 aliphatic rings. The summed E-state index contributed by atoms with van der Waals surface area (Å²) in [6.45, 7) is 4.56. The molecule has 0 aromatic heterocycles. The van der Waals surface area contributed by atoms with Gasteiger partial charge < -0.3 is 10.6 Å². The van der Waals surface area contributed by atoms with Gasteiger partial charge in [0.2, 0.25) is 6.41 Å². The third kappa shape index (κ3) is 4.97. The summed E-state index contributed by atoms with van der Waals surface area (Å²) in [5, 5.41) is 5.57. The number of hydrogen-bond acceptors (Lipinski definition) is 3. The van der Waals surface area contributed by atoms with Gasteiger partial charge in [-0.2, -0.15) is 0 Å². The minimum Gasteiger partial charge on any atom is -0.349 e. The molecule has 14 heavy (non-hydrogen) atoms. The molecule has 82 valence electrons. The van der Waals surface area contributed by atoms with Crippen LogP contribution in [0, 0.1) is 5.92 Å². The molecule has 0 bridgehead atoms. The fourth-order valence-corrected chi connectivity index (χ4v) is 1.28. The van der Waals surface area contributed by atoms with Crippen molar-refractivity contribution in [2.45, 2.75) is 32.7 Å². The van der Waals surface area contributed by atoms with Crippen LogP contribution >= 0.6 is 0 Å². The first-order valence-electron chi connectivity index (χ1n) is 5.01. The molecule has 4 heteroatoms. The van der Waals surface area contributed by atoms with Gasteiger partial charge >= 0.3 is 0 Å². The zero-order valence-electron chi connectivity index (χ0n) is 9.17. The standard InChI is InChI=1S/C10H20N2O2/c1-8(2)10(14)9(12-7-13)5-4-6-11-3/h7-9,11H,4-6H2,1-3H3,(H,12,13). The number of ketones is 1. The molecule has 0 spiro atoms. The maximum absolute atomic E-state index is 11.6. The fraction of sp³-hybridized carbons (Fsp3) is 0.800. The monoisotopic (exact) mass is 200 g/mol. The first-order chi connectivity index (χ1) is 6.63. The molecule has 1 atom stereocenters. The minimum atomic E-state index is -0.319. The van der Waals surface area contributed by atoms with Gasteiger partial charge in [-0.25, -0.2) is 0 Å². The van der Waals surface area contributed by atoms with Gasteiger partial charge in [0.1, 0.15) is 0 Å². The molecule has 0 aromatic rings. The Morgan fingerprint density at radius 3 is 2.50 bits per heavy atom. The number of nitrogens with one attached hydrogen (secondary N) is 2. The van der Waals surface area contributed by atoms with Crippen molar-refractivity contribution in [3.63, 3.8) is 0 Å². The van der Waals surface area contributed by atoms with Crippen LogP contribution in [0.25, 0.3) is 0 Å². The van der Waals surface area contributed by atoms with Gasteiger partial charge in [0.15, 0.2) is 5.78 Å². The van der Waals surface area contributed by atoms with Crippen LogP contribution in [0.1, 0.15) is 26.7 Å². The van der Waals surface area contributed by atoms with Gasteiger partial charge in [0.25, 0.3) is 0 Å². The normalized spacial score (nSPS) is 12.6. The SMILES string of the molecule is CNCCCC(NC=O)C(=O)C(C)C. The van der Waals surface area contributed by atoms with Crippen molar-refractivity contribution in [2.24, 2.45) is 5.92 Å².